The maximum atomic E-state index is 15.8. The molecule has 0 saturated heterocycles. The van der Waals surface area contributed by atoms with Crippen molar-refractivity contribution in [3.63, 3.8) is 0 Å². The molecule has 0 amide bonds. The Morgan fingerprint density at radius 1 is 1.38 bits per heavy atom. The van der Waals surface area contributed by atoms with Crippen molar-refractivity contribution in [3.8, 4) is 16.2 Å². The summed E-state index contributed by atoms with van der Waals surface area (Å²) in [6.07, 6.45) is 4.40. The number of benzene rings is 1. The van der Waals surface area contributed by atoms with Crippen LogP contribution in [0.15, 0.2) is 15.7 Å². The number of hydrogen-bond donors (Lipinski definition) is 3. The van der Waals surface area contributed by atoms with Gasteiger partial charge in [0, 0.05) is 33.3 Å². The molecule has 2 atom stereocenters. The van der Waals surface area contributed by atoms with Crippen LogP contribution in [0.2, 0.25) is 0 Å². The number of fused-ring (bicyclic) bond motifs is 2. The van der Waals surface area contributed by atoms with Crippen LogP contribution in [0.5, 0.6) is 5.75 Å². The smallest absolute Gasteiger partial charge is 0.329 e. The Bertz CT molecular complexity index is 1340. The van der Waals surface area contributed by atoms with Gasteiger partial charge in [-0.2, -0.15) is 0 Å². The standard InChI is InChI=1S/C23H26FN3O4S/c1-10-17(16-8-13-12(14(25)9-28)4-3-5-15(13)32-16)19(24)21(31-2)18-20(10)27(11-6-7-11)23(30)26-22(18)29/h8,11-12,14,28H,3-7,9,25H2,1-2H3,(H,26,29,30). The number of nitrogens with one attached hydrogen (secondary N) is 1. The Kier molecular flexibility index (Phi) is 5.22. The van der Waals surface area contributed by atoms with Crippen LogP contribution < -0.4 is 21.7 Å². The summed E-state index contributed by atoms with van der Waals surface area (Å²) < 4.78 is 22.8. The van der Waals surface area contributed by atoms with Gasteiger partial charge in [0.15, 0.2) is 11.6 Å². The highest BCUT2D eigenvalue weighted by atomic mass is 32.1. The quantitative estimate of drug-likeness (QED) is 0.543. The normalized spacial score (nSPS) is 19.2. The van der Waals surface area contributed by atoms with Gasteiger partial charge in [0.2, 0.25) is 0 Å². The summed E-state index contributed by atoms with van der Waals surface area (Å²) in [5.41, 5.74) is 7.44. The zero-order valence-corrected chi connectivity index (χ0v) is 18.9. The van der Waals surface area contributed by atoms with Gasteiger partial charge in [-0.1, -0.05) is 0 Å². The second kappa shape index (κ2) is 7.83. The minimum Gasteiger partial charge on any atom is -0.493 e. The summed E-state index contributed by atoms with van der Waals surface area (Å²) in [4.78, 5) is 29.5. The summed E-state index contributed by atoms with van der Waals surface area (Å²) >= 11 is 1.51. The van der Waals surface area contributed by atoms with Crippen molar-refractivity contribution in [2.24, 2.45) is 5.73 Å². The third-order valence-electron chi connectivity index (χ3n) is 6.77. The van der Waals surface area contributed by atoms with Gasteiger partial charge in [0.25, 0.3) is 5.56 Å². The number of aliphatic hydroxyl groups excluding tert-OH is 1. The lowest BCUT2D eigenvalue weighted by atomic mass is 9.82. The van der Waals surface area contributed by atoms with Gasteiger partial charge in [-0.05, 0) is 56.2 Å². The number of hydrogen-bond acceptors (Lipinski definition) is 6. The van der Waals surface area contributed by atoms with Crippen LogP contribution in [-0.4, -0.2) is 34.4 Å². The van der Waals surface area contributed by atoms with E-state index in [0.717, 1.165) is 47.4 Å². The van der Waals surface area contributed by atoms with E-state index in [1.807, 2.05) is 6.07 Å². The number of ether oxygens (including phenoxy) is 1. The number of aliphatic hydroxyl groups is 1. The Morgan fingerprint density at radius 3 is 2.78 bits per heavy atom. The Balaban J connectivity index is 1.82. The lowest BCUT2D eigenvalue weighted by Gasteiger charge is -2.26. The Labute approximate surface area is 187 Å². The van der Waals surface area contributed by atoms with Gasteiger partial charge >= 0.3 is 5.69 Å². The highest BCUT2D eigenvalue weighted by Crippen LogP contribution is 2.47. The molecule has 0 spiro atoms. The first kappa shape index (κ1) is 21.4. The molecule has 4 N–H and O–H groups in total. The third kappa shape index (κ3) is 3.14. The van der Waals surface area contributed by atoms with Gasteiger partial charge in [-0.25, -0.2) is 9.18 Å². The van der Waals surface area contributed by atoms with E-state index in [2.05, 4.69) is 4.98 Å². The summed E-state index contributed by atoms with van der Waals surface area (Å²) in [6.45, 7) is 1.65. The van der Waals surface area contributed by atoms with E-state index < -0.39 is 17.1 Å². The number of aromatic amines is 1. The molecule has 7 nitrogen and oxygen atoms in total. The maximum absolute atomic E-state index is 15.8. The van der Waals surface area contributed by atoms with Crippen molar-refractivity contribution in [2.45, 2.75) is 57.0 Å². The predicted molar refractivity (Wildman–Crippen MR) is 122 cm³/mol. The largest absolute Gasteiger partial charge is 0.493 e. The molecular formula is C23H26FN3O4S. The predicted octanol–water partition coefficient (Wildman–Crippen LogP) is 2.95. The van der Waals surface area contributed by atoms with Crippen molar-refractivity contribution in [1.82, 2.24) is 9.55 Å². The molecule has 1 fully saturated rings. The molecule has 9 heteroatoms. The topological polar surface area (TPSA) is 110 Å². The second-order valence-electron chi connectivity index (χ2n) is 8.77. The van der Waals surface area contributed by atoms with Crippen molar-refractivity contribution in [3.05, 3.63) is 48.7 Å². The number of methoxy groups -OCH3 is 1. The van der Waals surface area contributed by atoms with E-state index in [1.165, 1.54) is 18.4 Å². The zero-order chi connectivity index (χ0) is 22.7. The van der Waals surface area contributed by atoms with Crippen LogP contribution in [0.1, 0.15) is 53.6 Å². The molecule has 32 heavy (non-hydrogen) atoms. The van der Waals surface area contributed by atoms with Gasteiger partial charge in [-0.15, -0.1) is 11.3 Å². The van der Waals surface area contributed by atoms with Gasteiger partial charge in [-0.3, -0.25) is 14.3 Å². The summed E-state index contributed by atoms with van der Waals surface area (Å²) in [5.74, 6) is -0.733. The molecule has 1 aromatic carbocycles. The van der Waals surface area contributed by atoms with Crippen LogP contribution in [0, 0.1) is 12.7 Å². The number of thiophene rings is 1. The van der Waals surface area contributed by atoms with E-state index in [-0.39, 0.29) is 35.7 Å². The molecule has 2 aliphatic carbocycles. The number of halogens is 1. The highest BCUT2D eigenvalue weighted by molar-refractivity contribution is 7.15. The first-order valence-corrected chi connectivity index (χ1v) is 11.7. The van der Waals surface area contributed by atoms with Gasteiger partial charge < -0.3 is 15.6 Å². The Morgan fingerprint density at radius 2 is 2.12 bits per heavy atom. The fraction of sp³-hybridized carbons (Fsp3) is 0.478. The lowest BCUT2D eigenvalue weighted by Crippen LogP contribution is -2.33. The lowest BCUT2D eigenvalue weighted by molar-refractivity contribution is 0.242. The van der Waals surface area contributed by atoms with E-state index in [0.29, 0.717) is 16.6 Å². The number of H-pyrrole nitrogens is 1. The van der Waals surface area contributed by atoms with Crippen LogP contribution in [-0.2, 0) is 6.42 Å². The number of nitrogens with zero attached hydrogens (tertiary/aromatic N) is 1. The van der Waals surface area contributed by atoms with Crippen LogP contribution in [0.4, 0.5) is 4.39 Å². The van der Waals surface area contributed by atoms with Crippen LogP contribution in [0.25, 0.3) is 21.3 Å². The molecule has 0 radical (unpaired) electrons. The SMILES string of the molecule is COc1c(F)c(-c2cc3c(s2)CCCC3C(N)CO)c(C)c2c1c(=O)[nH]c(=O)n2C1CC1. The average molecular weight is 460 g/mol. The van der Waals surface area contributed by atoms with Gasteiger partial charge in [0.1, 0.15) is 5.39 Å². The second-order valence-corrected chi connectivity index (χ2v) is 9.90. The average Bonchev–Trinajstić information content (AvgIpc) is 3.51. The van der Waals surface area contributed by atoms with E-state index in [4.69, 9.17) is 10.5 Å². The van der Waals surface area contributed by atoms with E-state index in [1.54, 1.807) is 11.5 Å². The minimum atomic E-state index is -0.647. The molecule has 5 rings (SSSR count). The molecular weight excluding hydrogens is 433 g/mol. The monoisotopic (exact) mass is 459 g/mol. The third-order valence-corrected chi connectivity index (χ3v) is 8.00. The Hall–Kier alpha value is -2.49. The molecule has 0 aliphatic heterocycles. The molecule has 3 aromatic rings. The molecule has 1 saturated carbocycles. The minimum absolute atomic E-state index is 0.00737. The maximum Gasteiger partial charge on any atom is 0.329 e. The molecule has 2 heterocycles. The number of nitrogens with two attached hydrogens (primary N) is 1. The molecule has 2 aliphatic rings. The fourth-order valence-corrected chi connectivity index (χ4v) is 6.46. The zero-order valence-electron chi connectivity index (χ0n) is 18.0. The first-order valence-electron chi connectivity index (χ1n) is 10.9. The molecule has 0 bridgehead atoms. The van der Waals surface area contributed by atoms with Crippen molar-refractivity contribution >= 4 is 22.2 Å². The summed E-state index contributed by atoms with van der Waals surface area (Å²) in [7, 11) is 1.33. The number of rotatable bonds is 5. The summed E-state index contributed by atoms with van der Waals surface area (Å²) in [6, 6.07) is 1.59. The first-order chi connectivity index (χ1) is 15.4. The molecule has 170 valence electrons. The molecule has 2 aromatic heterocycles. The summed E-state index contributed by atoms with van der Waals surface area (Å²) in [5, 5.41) is 9.66. The van der Waals surface area contributed by atoms with Crippen molar-refractivity contribution < 1.29 is 14.2 Å². The van der Waals surface area contributed by atoms with Crippen LogP contribution in [0.3, 0.4) is 0 Å². The highest BCUT2D eigenvalue weighted by Gasteiger charge is 2.33. The van der Waals surface area contributed by atoms with E-state index in [9.17, 15) is 14.7 Å². The van der Waals surface area contributed by atoms with E-state index >= 15 is 4.39 Å². The van der Waals surface area contributed by atoms with Crippen molar-refractivity contribution in [1.29, 1.82) is 0 Å². The number of aryl methyl sites for hydroxylation is 2. The van der Waals surface area contributed by atoms with Gasteiger partial charge in [0.05, 0.1) is 19.2 Å². The van der Waals surface area contributed by atoms with Crippen molar-refractivity contribution in [2.75, 3.05) is 13.7 Å². The number of aromatic nitrogens is 2. The molecule has 2 unspecified atom stereocenters. The van der Waals surface area contributed by atoms with Crippen LogP contribution >= 0.6 is 11.3 Å². The fourth-order valence-electron chi connectivity index (χ4n) is 5.09.